The summed E-state index contributed by atoms with van der Waals surface area (Å²) in [4.78, 5) is 0. The first-order valence-corrected chi connectivity index (χ1v) is 0. The molecule has 0 amide bonds. The molecule has 0 aliphatic heterocycles. The van der Waals surface area contributed by atoms with Crippen LogP contribution in [0.5, 0.6) is 0 Å². The summed E-state index contributed by atoms with van der Waals surface area (Å²) in [5.74, 6) is 0. The molecule has 1 atom stereocenters. The molecule has 0 spiro atoms. The summed E-state index contributed by atoms with van der Waals surface area (Å²) in [7, 11) is 0. The van der Waals surface area contributed by atoms with Crippen LogP contribution in [-0.4, -0.2) is 0 Å². The van der Waals surface area contributed by atoms with Crippen LogP contribution in [0, 0.1) is 0 Å². The maximum absolute atomic E-state index is 0. The molecule has 0 aromatic heterocycles. The van der Waals surface area contributed by atoms with E-state index >= 15 is 0 Å². The Hall–Kier alpha value is 1.83. The number of rotatable bonds is 0. The van der Waals surface area contributed by atoms with Crippen LogP contribution in [0.4, 0.5) is 0 Å². The fourth-order valence-electron chi connectivity index (χ4n) is 0. The summed E-state index contributed by atoms with van der Waals surface area (Å²) in [5, 5.41) is 0. The van der Waals surface area contributed by atoms with Crippen LogP contribution in [-0.2, 0) is 34.4 Å². The van der Waals surface area contributed by atoms with Crippen molar-refractivity contribution >= 4 is 23.4 Å². The van der Waals surface area contributed by atoms with Gasteiger partial charge in [0.2, 0.25) is 0 Å². The minimum atomic E-state index is 0. The van der Waals surface area contributed by atoms with Crippen molar-refractivity contribution < 1.29 is 34.4 Å². The first-order chi connectivity index (χ1) is 0. The zero-order valence-electron chi connectivity index (χ0n) is 1.92. The van der Waals surface area contributed by atoms with E-state index in [-0.39, 0.29) is 57.8 Å². The van der Waals surface area contributed by atoms with E-state index in [1.165, 1.54) is 0 Å². The Morgan fingerprint density at radius 3 is 1.00 bits per heavy atom. The molecule has 4 heteroatoms. The van der Waals surface area contributed by atoms with E-state index in [1.807, 2.05) is 0 Å². The van der Waals surface area contributed by atoms with Crippen LogP contribution in [0.2, 0.25) is 0 Å². The Kier molecular flexibility index (Phi) is 214. The average Bonchev–Trinajstić information content (AvgIpc) is 0. The minimum absolute atomic E-state index is 0. The SMILES string of the molecule is P.S.[Cr].[Cu]. The minimum Gasteiger partial charge on any atom is -0.197 e. The van der Waals surface area contributed by atoms with Crippen molar-refractivity contribution in [3.63, 3.8) is 0 Å². The van der Waals surface area contributed by atoms with Crippen molar-refractivity contribution in [2.45, 2.75) is 0 Å². The molecule has 1 unspecified atom stereocenters. The van der Waals surface area contributed by atoms with E-state index < -0.39 is 0 Å². The molecule has 0 saturated heterocycles. The topological polar surface area (TPSA) is 0 Å². The Balaban J connectivity index is 0. The zero-order valence-corrected chi connectivity index (χ0v) is 6.55. The molecule has 0 fully saturated rings. The van der Waals surface area contributed by atoms with Gasteiger partial charge in [-0.2, -0.15) is 23.4 Å². The summed E-state index contributed by atoms with van der Waals surface area (Å²) in [6.45, 7) is 0. The van der Waals surface area contributed by atoms with Crippen LogP contribution < -0.4 is 0 Å². The van der Waals surface area contributed by atoms with Gasteiger partial charge in [-0.1, -0.05) is 0 Å². The maximum Gasteiger partial charge on any atom is 0 e. The van der Waals surface area contributed by atoms with Gasteiger partial charge in [0.25, 0.3) is 0 Å². The summed E-state index contributed by atoms with van der Waals surface area (Å²) in [6, 6.07) is 0. The molecule has 0 aromatic rings. The molecular weight excluding hydrogens is 179 g/mol. The summed E-state index contributed by atoms with van der Waals surface area (Å²) < 4.78 is 0. The van der Waals surface area contributed by atoms with Crippen molar-refractivity contribution in [3.8, 4) is 0 Å². The van der Waals surface area contributed by atoms with E-state index in [1.54, 1.807) is 0 Å². The molecular formula is H5CrCuPS. The van der Waals surface area contributed by atoms with E-state index in [4.69, 9.17) is 0 Å². The second-order valence-electron chi connectivity index (χ2n) is 0. The molecule has 0 rings (SSSR count). The van der Waals surface area contributed by atoms with E-state index in [9.17, 15) is 0 Å². The van der Waals surface area contributed by atoms with Crippen LogP contribution in [0.15, 0.2) is 0 Å². The van der Waals surface area contributed by atoms with Gasteiger partial charge in [0, 0.05) is 34.4 Å². The molecule has 0 saturated carbocycles. The Labute approximate surface area is 57.8 Å². The summed E-state index contributed by atoms with van der Waals surface area (Å²) in [6.07, 6.45) is 0. The van der Waals surface area contributed by atoms with E-state index in [2.05, 4.69) is 0 Å². The Morgan fingerprint density at radius 2 is 1.00 bits per heavy atom. The standard InChI is InChI=1S/Cr.Cu.H3P.H2S/h;;1H3;1H2. The summed E-state index contributed by atoms with van der Waals surface area (Å²) in [5.41, 5.74) is 0. The number of hydrogen-bond donors (Lipinski definition) is 0. The van der Waals surface area contributed by atoms with Gasteiger partial charge >= 0.3 is 0 Å². The molecule has 4 heavy (non-hydrogen) atoms. The van der Waals surface area contributed by atoms with E-state index in [0.29, 0.717) is 0 Å². The van der Waals surface area contributed by atoms with Gasteiger partial charge < -0.3 is 0 Å². The molecule has 0 bridgehead atoms. The average molecular weight is 184 g/mol. The molecule has 33 valence electrons. The van der Waals surface area contributed by atoms with E-state index in [0.717, 1.165) is 0 Å². The van der Waals surface area contributed by atoms with Gasteiger partial charge in [0.1, 0.15) is 0 Å². The molecule has 0 N–H and O–H groups in total. The molecule has 0 aliphatic rings. The van der Waals surface area contributed by atoms with Crippen LogP contribution >= 0.6 is 23.4 Å². The predicted octanol–water partition coefficient (Wildman–Crippen LogP) is 0.166. The summed E-state index contributed by atoms with van der Waals surface area (Å²) >= 11 is 0. The largest absolute Gasteiger partial charge is 0.197 e. The smallest absolute Gasteiger partial charge is 0 e. The molecule has 1 radical (unpaired) electrons. The predicted molar refractivity (Wildman–Crippen MR) is 21.5 cm³/mol. The van der Waals surface area contributed by atoms with Crippen LogP contribution in [0.25, 0.3) is 0 Å². The second-order valence-corrected chi connectivity index (χ2v) is 0. The maximum atomic E-state index is 0. The molecule has 0 nitrogen and oxygen atoms in total. The van der Waals surface area contributed by atoms with Crippen molar-refractivity contribution in [1.82, 2.24) is 0 Å². The van der Waals surface area contributed by atoms with Crippen LogP contribution in [0.3, 0.4) is 0 Å². The first-order valence-electron chi connectivity index (χ1n) is 0. The number of hydrogen-bond acceptors (Lipinski definition) is 0. The Morgan fingerprint density at radius 1 is 1.00 bits per heavy atom. The zero-order chi connectivity index (χ0) is 0. The second kappa shape index (κ2) is 21.1. The third-order valence-electron chi connectivity index (χ3n) is 0. The van der Waals surface area contributed by atoms with Gasteiger partial charge in [0.15, 0.2) is 0 Å². The normalized spacial score (nSPS) is 0. The van der Waals surface area contributed by atoms with Gasteiger partial charge in [-0.25, -0.2) is 0 Å². The van der Waals surface area contributed by atoms with Gasteiger partial charge in [-0.05, 0) is 0 Å². The van der Waals surface area contributed by atoms with Crippen molar-refractivity contribution in [3.05, 3.63) is 0 Å². The monoisotopic (exact) mass is 183 g/mol. The van der Waals surface area contributed by atoms with Crippen molar-refractivity contribution in [1.29, 1.82) is 0 Å². The third-order valence-corrected chi connectivity index (χ3v) is 0. The quantitative estimate of drug-likeness (QED) is 0.371. The first kappa shape index (κ1) is 40.6. The van der Waals surface area contributed by atoms with Crippen molar-refractivity contribution in [2.24, 2.45) is 0 Å². The molecule has 0 aliphatic carbocycles. The fraction of sp³-hybridized carbons (Fsp3) is 0. The molecule has 0 heterocycles. The van der Waals surface area contributed by atoms with Gasteiger partial charge in [0.05, 0.1) is 0 Å². The molecule has 0 aromatic carbocycles. The van der Waals surface area contributed by atoms with Crippen molar-refractivity contribution in [2.75, 3.05) is 0 Å². The van der Waals surface area contributed by atoms with Gasteiger partial charge in [-0.3, -0.25) is 0 Å². The van der Waals surface area contributed by atoms with Crippen LogP contribution in [0.1, 0.15) is 0 Å². The fourth-order valence-corrected chi connectivity index (χ4v) is 0. The third kappa shape index (κ3) is 9.16. The Bertz CT molecular complexity index is 8.00. The van der Waals surface area contributed by atoms with Gasteiger partial charge in [-0.15, -0.1) is 0 Å².